The molecule has 1 saturated heterocycles. The molecule has 33 heavy (non-hydrogen) atoms. The molecule has 3 N–H and O–H groups in total. The Kier molecular flexibility index (Phi) is 7.75. The minimum Gasteiger partial charge on any atom is -0.378 e. The molecule has 0 aliphatic carbocycles. The summed E-state index contributed by atoms with van der Waals surface area (Å²) in [5, 5.41) is 15.1. The van der Waals surface area contributed by atoms with Crippen molar-refractivity contribution in [2.45, 2.75) is 50.4 Å². The van der Waals surface area contributed by atoms with Crippen LogP contribution in [-0.2, 0) is 14.4 Å². The molecule has 1 fully saturated rings. The van der Waals surface area contributed by atoms with E-state index in [0.29, 0.717) is 18.9 Å². The van der Waals surface area contributed by atoms with Gasteiger partial charge in [0.15, 0.2) is 6.10 Å². The first kappa shape index (κ1) is 24.3. The number of halogens is 2. The number of aliphatic hydroxyl groups excluding tert-OH is 1. The molecule has 0 radical (unpaired) electrons. The lowest BCUT2D eigenvalue weighted by molar-refractivity contribution is -0.138. The third kappa shape index (κ3) is 5.92. The molecular weight excluding hydrogens is 432 g/mol. The second kappa shape index (κ2) is 10.5. The van der Waals surface area contributed by atoms with Crippen LogP contribution in [0, 0.1) is 11.6 Å². The smallest absolute Gasteiger partial charge is 0.254 e. The van der Waals surface area contributed by atoms with Crippen molar-refractivity contribution in [1.29, 1.82) is 0 Å². The van der Waals surface area contributed by atoms with Gasteiger partial charge in [-0.05, 0) is 49.4 Å². The lowest BCUT2D eigenvalue weighted by atomic mass is 10.0. The molecule has 0 aromatic heterocycles. The predicted molar refractivity (Wildman–Crippen MR) is 117 cm³/mol. The summed E-state index contributed by atoms with van der Waals surface area (Å²) in [7, 11) is 1.70. The zero-order valence-corrected chi connectivity index (χ0v) is 18.4. The van der Waals surface area contributed by atoms with Crippen molar-refractivity contribution in [1.82, 2.24) is 15.5 Å². The Balaban J connectivity index is 1.60. The zero-order chi connectivity index (χ0) is 24.1. The van der Waals surface area contributed by atoms with Gasteiger partial charge in [-0.15, -0.1) is 0 Å². The number of hydrogen-bond donors (Lipinski definition) is 3. The summed E-state index contributed by atoms with van der Waals surface area (Å²) in [6.07, 6.45) is 0.0547. The number of benzene rings is 2. The van der Waals surface area contributed by atoms with E-state index in [2.05, 4.69) is 10.6 Å². The van der Waals surface area contributed by atoms with Crippen LogP contribution in [0.1, 0.15) is 49.5 Å². The molecule has 1 aliphatic rings. The number of hydrogen-bond acceptors (Lipinski definition) is 4. The van der Waals surface area contributed by atoms with Gasteiger partial charge in [0.2, 0.25) is 11.8 Å². The summed E-state index contributed by atoms with van der Waals surface area (Å²) < 4.78 is 26.7. The summed E-state index contributed by atoms with van der Waals surface area (Å²) in [4.78, 5) is 39.5. The third-order valence-electron chi connectivity index (χ3n) is 5.79. The van der Waals surface area contributed by atoms with E-state index in [4.69, 9.17) is 0 Å². The first-order valence-corrected chi connectivity index (χ1v) is 10.7. The van der Waals surface area contributed by atoms with Gasteiger partial charge >= 0.3 is 0 Å². The van der Waals surface area contributed by atoms with Gasteiger partial charge in [-0.3, -0.25) is 14.4 Å². The van der Waals surface area contributed by atoms with Gasteiger partial charge in [0.25, 0.3) is 5.91 Å². The molecule has 0 bridgehead atoms. The maximum atomic E-state index is 13.4. The van der Waals surface area contributed by atoms with E-state index >= 15 is 0 Å². The van der Waals surface area contributed by atoms with Crippen LogP contribution in [0.3, 0.4) is 0 Å². The molecule has 2 aromatic carbocycles. The van der Waals surface area contributed by atoms with Crippen LogP contribution < -0.4 is 10.6 Å². The van der Waals surface area contributed by atoms with E-state index in [9.17, 15) is 28.3 Å². The van der Waals surface area contributed by atoms with Gasteiger partial charge in [-0.2, -0.15) is 0 Å². The minimum absolute atomic E-state index is 0.0976. The van der Waals surface area contributed by atoms with Crippen molar-refractivity contribution in [2.75, 3.05) is 7.05 Å². The number of likely N-dealkylation sites (N-methyl/N-ethyl adjacent to an activating group) is 1. The normalized spacial score (nSPS) is 20.5. The SMILES string of the molecule is C[C@H](NC(=O)[C@H](O)c1cc(F)cc(F)c1)C(=O)N[C@H]1CCC[C@@H](c2ccccc2)N(C)C1=O. The van der Waals surface area contributed by atoms with Crippen molar-refractivity contribution in [3.8, 4) is 0 Å². The van der Waals surface area contributed by atoms with Gasteiger partial charge in [0.1, 0.15) is 23.7 Å². The zero-order valence-electron chi connectivity index (χ0n) is 18.4. The summed E-state index contributed by atoms with van der Waals surface area (Å²) in [6.45, 7) is 1.39. The van der Waals surface area contributed by atoms with Gasteiger partial charge < -0.3 is 20.6 Å². The van der Waals surface area contributed by atoms with Crippen molar-refractivity contribution < 1.29 is 28.3 Å². The Morgan fingerprint density at radius 3 is 2.33 bits per heavy atom. The number of likely N-dealkylation sites (tertiary alicyclic amines) is 1. The number of carbonyl (C=O) groups excluding carboxylic acids is 3. The largest absolute Gasteiger partial charge is 0.378 e. The summed E-state index contributed by atoms with van der Waals surface area (Å²) >= 11 is 0. The van der Waals surface area contributed by atoms with Crippen LogP contribution in [0.4, 0.5) is 8.78 Å². The van der Waals surface area contributed by atoms with E-state index in [1.165, 1.54) is 6.92 Å². The molecule has 2 aromatic rings. The van der Waals surface area contributed by atoms with Crippen molar-refractivity contribution in [3.05, 3.63) is 71.3 Å². The van der Waals surface area contributed by atoms with Crippen molar-refractivity contribution >= 4 is 17.7 Å². The second-order valence-electron chi connectivity index (χ2n) is 8.20. The first-order chi connectivity index (χ1) is 15.7. The van der Waals surface area contributed by atoms with Crippen molar-refractivity contribution in [2.24, 2.45) is 0 Å². The fourth-order valence-electron chi connectivity index (χ4n) is 3.97. The van der Waals surface area contributed by atoms with E-state index in [1.54, 1.807) is 11.9 Å². The summed E-state index contributed by atoms with van der Waals surface area (Å²) in [5.41, 5.74) is 0.744. The molecule has 3 amide bonds. The fourth-order valence-corrected chi connectivity index (χ4v) is 3.97. The molecular formula is C24H27F2N3O4. The number of amides is 3. The monoisotopic (exact) mass is 459 g/mol. The van der Waals surface area contributed by atoms with Crippen LogP contribution in [-0.4, -0.2) is 46.9 Å². The van der Waals surface area contributed by atoms with Crippen molar-refractivity contribution in [3.63, 3.8) is 0 Å². The van der Waals surface area contributed by atoms with Gasteiger partial charge in [0.05, 0.1) is 6.04 Å². The molecule has 176 valence electrons. The Morgan fingerprint density at radius 1 is 1.06 bits per heavy atom. The second-order valence-corrected chi connectivity index (χ2v) is 8.20. The van der Waals surface area contributed by atoms with Crippen LogP contribution >= 0.6 is 0 Å². The van der Waals surface area contributed by atoms with E-state index in [1.807, 2.05) is 30.3 Å². The summed E-state index contributed by atoms with van der Waals surface area (Å²) in [5.74, 6) is -3.70. The lowest BCUT2D eigenvalue weighted by Gasteiger charge is -2.29. The van der Waals surface area contributed by atoms with E-state index in [-0.39, 0.29) is 17.5 Å². The Labute approximate surface area is 190 Å². The average molecular weight is 459 g/mol. The Bertz CT molecular complexity index is 998. The molecule has 0 saturated carbocycles. The molecule has 3 rings (SSSR count). The highest BCUT2D eigenvalue weighted by atomic mass is 19.1. The van der Waals surface area contributed by atoms with Crippen LogP contribution in [0.2, 0.25) is 0 Å². The number of carbonyl (C=O) groups is 3. The number of nitrogens with one attached hydrogen (secondary N) is 2. The van der Waals surface area contributed by atoms with E-state index in [0.717, 1.165) is 24.1 Å². The highest BCUT2D eigenvalue weighted by Crippen LogP contribution is 2.29. The van der Waals surface area contributed by atoms with Gasteiger partial charge in [-0.1, -0.05) is 30.3 Å². The highest BCUT2D eigenvalue weighted by Gasteiger charge is 2.33. The Hall–Kier alpha value is -3.33. The van der Waals surface area contributed by atoms with E-state index < -0.39 is 41.6 Å². The van der Waals surface area contributed by atoms with Crippen LogP contribution in [0.25, 0.3) is 0 Å². The minimum atomic E-state index is -1.86. The molecule has 9 heteroatoms. The van der Waals surface area contributed by atoms with Crippen LogP contribution in [0.15, 0.2) is 48.5 Å². The molecule has 7 nitrogen and oxygen atoms in total. The fraction of sp³-hybridized carbons (Fsp3) is 0.375. The molecule has 1 heterocycles. The van der Waals surface area contributed by atoms with Gasteiger partial charge in [-0.25, -0.2) is 8.78 Å². The topological polar surface area (TPSA) is 98.7 Å². The lowest BCUT2D eigenvalue weighted by Crippen LogP contribution is -2.53. The maximum absolute atomic E-state index is 13.4. The quantitative estimate of drug-likeness (QED) is 0.618. The standard InChI is InChI=1S/C24H27F2N3O4/c1-14(27-23(32)21(30)16-11-17(25)13-18(26)12-16)22(31)28-19-9-6-10-20(29(2)24(19)33)15-7-4-3-5-8-15/h3-5,7-8,11-14,19-21,30H,6,9-10H2,1-2H3,(H,27,32)(H,28,31)/t14-,19-,20-,21+/m0/s1. The number of rotatable bonds is 6. The molecule has 4 atom stereocenters. The first-order valence-electron chi connectivity index (χ1n) is 10.7. The number of aliphatic hydroxyl groups is 1. The highest BCUT2D eigenvalue weighted by molar-refractivity contribution is 5.93. The Morgan fingerprint density at radius 2 is 1.70 bits per heavy atom. The number of nitrogens with zero attached hydrogens (tertiary/aromatic N) is 1. The average Bonchev–Trinajstić information content (AvgIpc) is 2.92. The molecule has 0 spiro atoms. The molecule has 0 unspecified atom stereocenters. The maximum Gasteiger partial charge on any atom is 0.254 e. The summed E-state index contributed by atoms with van der Waals surface area (Å²) in [6, 6.07) is 10.00. The van der Waals surface area contributed by atoms with Gasteiger partial charge in [0, 0.05) is 13.1 Å². The van der Waals surface area contributed by atoms with Crippen LogP contribution in [0.5, 0.6) is 0 Å². The predicted octanol–water partition coefficient (Wildman–Crippen LogP) is 2.37. The third-order valence-corrected chi connectivity index (χ3v) is 5.79. The molecule has 1 aliphatic heterocycles.